The van der Waals surface area contributed by atoms with Gasteiger partial charge in [-0.25, -0.2) is 0 Å². The van der Waals surface area contributed by atoms with Gasteiger partial charge < -0.3 is 4.42 Å². The van der Waals surface area contributed by atoms with Crippen LogP contribution in [0.15, 0.2) is 16.5 Å². The molecule has 0 amide bonds. The third kappa shape index (κ3) is 2.60. The van der Waals surface area contributed by atoms with Crippen LogP contribution in [0.5, 0.6) is 0 Å². The molecule has 18 heavy (non-hydrogen) atoms. The van der Waals surface area contributed by atoms with E-state index in [9.17, 15) is 8.42 Å². The van der Waals surface area contributed by atoms with Gasteiger partial charge in [0, 0.05) is 27.1 Å². The third-order valence-electron chi connectivity index (χ3n) is 3.39. The van der Waals surface area contributed by atoms with Crippen LogP contribution >= 0.6 is 0 Å². The molecule has 5 nitrogen and oxygen atoms in total. The number of hydrogen-bond acceptors (Lipinski definition) is 3. The van der Waals surface area contributed by atoms with Crippen LogP contribution in [0.3, 0.4) is 0 Å². The second-order valence-electron chi connectivity index (χ2n) is 5.17. The lowest BCUT2D eigenvalue weighted by Gasteiger charge is -2.20. The Balaban J connectivity index is 2.03. The molecular formula is C12H20N2O3S. The lowest BCUT2D eigenvalue weighted by molar-refractivity contribution is 0.368. The van der Waals surface area contributed by atoms with Crippen molar-refractivity contribution in [1.82, 2.24) is 8.61 Å². The zero-order valence-electron chi connectivity index (χ0n) is 11.3. The summed E-state index contributed by atoms with van der Waals surface area (Å²) < 4.78 is 31.9. The highest BCUT2D eigenvalue weighted by molar-refractivity contribution is 7.86. The Morgan fingerprint density at radius 1 is 1.33 bits per heavy atom. The summed E-state index contributed by atoms with van der Waals surface area (Å²) in [4.78, 5) is 0. The van der Waals surface area contributed by atoms with Crippen molar-refractivity contribution in [2.45, 2.75) is 25.8 Å². The molecule has 1 aliphatic carbocycles. The maximum atomic E-state index is 11.8. The van der Waals surface area contributed by atoms with Gasteiger partial charge in [-0.05, 0) is 24.5 Å². The third-order valence-corrected chi connectivity index (χ3v) is 5.23. The van der Waals surface area contributed by atoms with E-state index in [1.807, 2.05) is 12.1 Å². The first-order valence-corrected chi connectivity index (χ1v) is 7.44. The van der Waals surface area contributed by atoms with Crippen molar-refractivity contribution in [3.8, 4) is 0 Å². The van der Waals surface area contributed by atoms with Crippen molar-refractivity contribution in [2.24, 2.45) is 5.92 Å². The van der Waals surface area contributed by atoms with Crippen LogP contribution in [-0.4, -0.2) is 38.2 Å². The molecule has 0 spiro atoms. The zero-order chi connectivity index (χ0) is 13.5. The molecule has 2 atom stereocenters. The highest BCUT2D eigenvalue weighted by atomic mass is 32.2. The summed E-state index contributed by atoms with van der Waals surface area (Å²) >= 11 is 0. The molecule has 102 valence electrons. The standard InChI is InChI=1S/C12H20N2O3S/c1-9-7-11(9)12-6-5-10(17-12)8-14(4)18(15,16)13(2)3/h5-6,9,11H,7-8H2,1-4H3/t9-,11-/m1/s1. The zero-order valence-corrected chi connectivity index (χ0v) is 12.1. The van der Waals surface area contributed by atoms with E-state index in [1.165, 1.54) is 29.1 Å². The average molecular weight is 272 g/mol. The first-order chi connectivity index (χ1) is 8.32. The number of nitrogens with zero attached hydrogens (tertiary/aromatic N) is 2. The van der Waals surface area contributed by atoms with Gasteiger partial charge >= 0.3 is 0 Å². The summed E-state index contributed by atoms with van der Waals surface area (Å²) in [5.41, 5.74) is 0. The maximum Gasteiger partial charge on any atom is 0.281 e. The van der Waals surface area contributed by atoms with E-state index in [0.29, 0.717) is 17.6 Å². The van der Waals surface area contributed by atoms with E-state index < -0.39 is 10.2 Å². The molecule has 0 N–H and O–H groups in total. The summed E-state index contributed by atoms with van der Waals surface area (Å²) in [6.07, 6.45) is 1.17. The fourth-order valence-corrected chi connectivity index (χ4v) is 2.83. The average Bonchev–Trinajstić information content (AvgIpc) is 2.84. The summed E-state index contributed by atoms with van der Waals surface area (Å²) in [5.74, 6) is 2.88. The summed E-state index contributed by atoms with van der Waals surface area (Å²) in [6.45, 7) is 2.46. The van der Waals surface area contributed by atoms with E-state index in [-0.39, 0.29) is 6.54 Å². The number of rotatable bonds is 5. The molecule has 0 unspecified atom stereocenters. The van der Waals surface area contributed by atoms with E-state index in [4.69, 9.17) is 4.42 Å². The Labute approximate surface area is 109 Å². The van der Waals surface area contributed by atoms with Crippen LogP contribution in [0.2, 0.25) is 0 Å². The molecular weight excluding hydrogens is 252 g/mol. The molecule has 0 radical (unpaired) electrons. The lowest BCUT2D eigenvalue weighted by Crippen LogP contribution is -2.36. The predicted octanol–water partition coefficient (Wildman–Crippen LogP) is 1.64. The van der Waals surface area contributed by atoms with Gasteiger partial charge in [0.05, 0.1) is 6.54 Å². The summed E-state index contributed by atoms with van der Waals surface area (Å²) in [5, 5.41) is 0. The Kier molecular flexibility index (Phi) is 3.53. The molecule has 2 rings (SSSR count). The molecule has 0 bridgehead atoms. The highest BCUT2D eigenvalue weighted by Gasteiger charge is 2.36. The quantitative estimate of drug-likeness (QED) is 0.819. The van der Waals surface area contributed by atoms with Crippen molar-refractivity contribution in [2.75, 3.05) is 21.1 Å². The number of furan rings is 1. The van der Waals surface area contributed by atoms with Gasteiger partial charge in [-0.3, -0.25) is 0 Å². The molecule has 1 saturated carbocycles. The Hall–Kier alpha value is -0.850. The van der Waals surface area contributed by atoms with E-state index >= 15 is 0 Å². The smallest absolute Gasteiger partial charge is 0.281 e. The summed E-state index contributed by atoms with van der Waals surface area (Å²) in [7, 11) is 1.22. The molecule has 1 aromatic rings. The Morgan fingerprint density at radius 3 is 2.44 bits per heavy atom. The largest absolute Gasteiger partial charge is 0.464 e. The van der Waals surface area contributed by atoms with Crippen molar-refractivity contribution >= 4 is 10.2 Å². The van der Waals surface area contributed by atoms with Crippen LogP contribution in [0, 0.1) is 5.92 Å². The highest BCUT2D eigenvalue weighted by Crippen LogP contribution is 2.47. The minimum Gasteiger partial charge on any atom is -0.464 e. The van der Waals surface area contributed by atoms with Gasteiger partial charge in [-0.2, -0.15) is 17.0 Å². The van der Waals surface area contributed by atoms with Crippen molar-refractivity contribution in [3.63, 3.8) is 0 Å². The van der Waals surface area contributed by atoms with Crippen LogP contribution in [0.1, 0.15) is 30.8 Å². The Bertz CT molecular complexity index is 521. The molecule has 1 aliphatic rings. The van der Waals surface area contributed by atoms with Gasteiger partial charge in [0.25, 0.3) is 10.2 Å². The van der Waals surface area contributed by atoms with Crippen molar-refractivity contribution in [3.05, 3.63) is 23.7 Å². The molecule has 0 aromatic carbocycles. The monoisotopic (exact) mass is 272 g/mol. The molecule has 1 fully saturated rings. The topological polar surface area (TPSA) is 53.8 Å². The van der Waals surface area contributed by atoms with Crippen LogP contribution in [0.4, 0.5) is 0 Å². The predicted molar refractivity (Wildman–Crippen MR) is 69.3 cm³/mol. The second-order valence-corrected chi connectivity index (χ2v) is 7.42. The van der Waals surface area contributed by atoms with Crippen molar-refractivity contribution < 1.29 is 12.8 Å². The van der Waals surface area contributed by atoms with E-state index in [1.54, 1.807) is 7.05 Å². The first kappa shape index (κ1) is 13.6. The lowest BCUT2D eigenvalue weighted by atomic mass is 10.3. The van der Waals surface area contributed by atoms with Crippen molar-refractivity contribution in [1.29, 1.82) is 0 Å². The van der Waals surface area contributed by atoms with Crippen LogP contribution < -0.4 is 0 Å². The van der Waals surface area contributed by atoms with Crippen LogP contribution in [0.25, 0.3) is 0 Å². The van der Waals surface area contributed by atoms with E-state index in [2.05, 4.69) is 6.92 Å². The van der Waals surface area contributed by atoms with Gasteiger partial charge in [0.1, 0.15) is 11.5 Å². The van der Waals surface area contributed by atoms with Gasteiger partial charge in [0.2, 0.25) is 0 Å². The molecule has 0 aliphatic heterocycles. The fourth-order valence-electron chi connectivity index (χ4n) is 1.98. The summed E-state index contributed by atoms with van der Waals surface area (Å²) in [6, 6.07) is 3.82. The minimum atomic E-state index is -3.37. The normalized spacial score (nSPS) is 23.9. The van der Waals surface area contributed by atoms with E-state index in [0.717, 1.165) is 5.76 Å². The van der Waals surface area contributed by atoms with Gasteiger partial charge in [-0.15, -0.1) is 0 Å². The second kappa shape index (κ2) is 4.68. The fraction of sp³-hybridized carbons (Fsp3) is 0.667. The SMILES string of the molecule is C[C@@H]1C[C@H]1c1ccc(CN(C)S(=O)(=O)N(C)C)o1. The first-order valence-electron chi connectivity index (χ1n) is 6.04. The minimum absolute atomic E-state index is 0.265. The molecule has 6 heteroatoms. The molecule has 1 heterocycles. The van der Waals surface area contributed by atoms with Gasteiger partial charge in [-0.1, -0.05) is 6.92 Å². The molecule has 1 aromatic heterocycles. The number of hydrogen-bond donors (Lipinski definition) is 0. The van der Waals surface area contributed by atoms with Gasteiger partial charge in [0.15, 0.2) is 0 Å². The molecule has 0 saturated heterocycles. The Morgan fingerprint density at radius 2 is 1.94 bits per heavy atom. The maximum absolute atomic E-state index is 11.8. The van der Waals surface area contributed by atoms with Crippen LogP contribution in [-0.2, 0) is 16.8 Å².